The molecule has 0 saturated carbocycles. The van der Waals surface area contributed by atoms with Crippen LogP contribution in [0.5, 0.6) is 0 Å². The van der Waals surface area contributed by atoms with E-state index in [-0.39, 0.29) is 5.91 Å². The first kappa shape index (κ1) is 15.0. The van der Waals surface area contributed by atoms with E-state index in [0.717, 1.165) is 31.5 Å². The molecular weight excluding hydrogens is 296 g/mol. The lowest BCUT2D eigenvalue weighted by Gasteiger charge is -2.21. The summed E-state index contributed by atoms with van der Waals surface area (Å²) in [7, 11) is 0. The molecule has 1 aromatic heterocycles. The minimum atomic E-state index is 0.146. The highest BCUT2D eigenvalue weighted by molar-refractivity contribution is 5.94. The summed E-state index contributed by atoms with van der Waals surface area (Å²) >= 11 is 0. The molecule has 1 amide bonds. The van der Waals surface area contributed by atoms with Crippen molar-refractivity contribution in [3.8, 4) is 0 Å². The Morgan fingerprint density at radius 2 is 1.79 bits per heavy atom. The molecule has 1 N–H and O–H groups in total. The van der Waals surface area contributed by atoms with E-state index >= 15 is 0 Å². The highest BCUT2D eigenvalue weighted by atomic mass is 16.2. The third-order valence-corrected chi connectivity index (χ3v) is 5.21. The van der Waals surface area contributed by atoms with Gasteiger partial charge in [0.2, 0.25) is 0 Å². The molecule has 0 unspecified atom stereocenters. The molecule has 3 aromatic rings. The predicted molar refractivity (Wildman–Crippen MR) is 97.5 cm³/mol. The van der Waals surface area contributed by atoms with Gasteiger partial charge >= 0.3 is 0 Å². The van der Waals surface area contributed by atoms with Crippen molar-refractivity contribution in [2.75, 3.05) is 13.1 Å². The van der Waals surface area contributed by atoms with Crippen molar-refractivity contribution in [1.82, 2.24) is 9.88 Å². The molecule has 2 aromatic carbocycles. The normalized spacial score (nSPS) is 14.5. The van der Waals surface area contributed by atoms with Crippen LogP contribution in [0.15, 0.2) is 42.5 Å². The fraction of sp³-hybridized carbons (Fsp3) is 0.286. The van der Waals surface area contributed by atoms with Crippen LogP contribution < -0.4 is 0 Å². The van der Waals surface area contributed by atoms with Crippen molar-refractivity contribution in [1.29, 1.82) is 0 Å². The number of nitrogens with zero attached hydrogens (tertiary/aromatic N) is 1. The van der Waals surface area contributed by atoms with E-state index in [1.54, 1.807) is 0 Å². The van der Waals surface area contributed by atoms with Gasteiger partial charge in [-0.15, -0.1) is 0 Å². The Labute approximate surface area is 142 Å². The molecule has 122 valence electrons. The zero-order valence-corrected chi connectivity index (χ0v) is 14.2. The molecule has 0 atom stereocenters. The molecule has 0 bridgehead atoms. The molecule has 4 rings (SSSR count). The zero-order valence-electron chi connectivity index (χ0n) is 14.2. The SMILES string of the molecule is Cc1ccc(C(=O)N2CCc3[nH]c4ccccc4c3CC2)cc1C. The third-order valence-electron chi connectivity index (χ3n) is 5.21. The summed E-state index contributed by atoms with van der Waals surface area (Å²) in [6.45, 7) is 5.69. The molecule has 2 heterocycles. The highest BCUT2D eigenvalue weighted by Gasteiger charge is 2.22. The van der Waals surface area contributed by atoms with E-state index in [0.29, 0.717) is 0 Å². The van der Waals surface area contributed by atoms with E-state index in [9.17, 15) is 4.79 Å². The van der Waals surface area contributed by atoms with Gasteiger partial charge in [-0.25, -0.2) is 0 Å². The molecule has 0 radical (unpaired) electrons. The molecule has 3 nitrogen and oxygen atoms in total. The van der Waals surface area contributed by atoms with Crippen molar-refractivity contribution in [3.05, 3.63) is 70.4 Å². The first-order valence-electron chi connectivity index (χ1n) is 8.58. The number of H-pyrrole nitrogens is 1. The number of hydrogen-bond donors (Lipinski definition) is 1. The topological polar surface area (TPSA) is 36.1 Å². The van der Waals surface area contributed by atoms with Crippen molar-refractivity contribution in [2.45, 2.75) is 26.7 Å². The van der Waals surface area contributed by atoms with Gasteiger partial charge in [-0.2, -0.15) is 0 Å². The second-order valence-corrected chi connectivity index (χ2v) is 6.72. The lowest BCUT2D eigenvalue weighted by molar-refractivity contribution is 0.0763. The lowest BCUT2D eigenvalue weighted by atomic mass is 10.1. The molecule has 0 fully saturated rings. The summed E-state index contributed by atoms with van der Waals surface area (Å²) in [5.74, 6) is 0.146. The van der Waals surface area contributed by atoms with Crippen LogP contribution in [0, 0.1) is 13.8 Å². The number of carbonyl (C=O) groups excluding carboxylic acids is 1. The van der Waals surface area contributed by atoms with Crippen molar-refractivity contribution >= 4 is 16.8 Å². The molecule has 3 heteroatoms. The number of aromatic amines is 1. The van der Waals surface area contributed by atoms with Crippen LogP contribution in [0.25, 0.3) is 10.9 Å². The Bertz CT molecular complexity index is 923. The largest absolute Gasteiger partial charge is 0.358 e. The fourth-order valence-corrected chi connectivity index (χ4v) is 3.62. The summed E-state index contributed by atoms with van der Waals surface area (Å²) < 4.78 is 0. The van der Waals surface area contributed by atoms with Gasteiger partial charge in [0, 0.05) is 41.7 Å². The summed E-state index contributed by atoms with van der Waals surface area (Å²) in [5, 5.41) is 1.30. The van der Waals surface area contributed by atoms with Crippen molar-refractivity contribution < 1.29 is 4.79 Å². The molecule has 0 aliphatic carbocycles. The van der Waals surface area contributed by atoms with E-state index < -0.39 is 0 Å². The summed E-state index contributed by atoms with van der Waals surface area (Å²) in [4.78, 5) is 18.4. The molecule has 1 aliphatic rings. The Balaban J connectivity index is 1.59. The van der Waals surface area contributed by atoms with E-state index in [1.807, 2.05) is 23.1 Å². The maximum atomic E-state index is 12.9. The van der Waals surface area contributed by atoms with Crippen LogP contribution >= 0.6 is 0 Å². The van der Waals surface area contributed by atoms with Crippen LogP contribution in [0.4, 0.5) is 0 Å². The van der Waals surface area contributed by atoms with Gasteiger partial charge < -0.3 is 9.88 Å². The quantitative estimate of drug-likeness (QED) is 0.722. The fourth-order valence-electron chi connectivity index (χ4n) is 3.62. The van der Waals surface area contributed by atoms with Crippen molar-refractivity contribution in [3.63, 3.8) is 0 Å². The van der Waals surface area contributed by atoms with Crippen LogP contribution in [0.1, 0.15) is 32.7 Å². The van der Waals surface area contributed by atoms with Gasteiger partial charge in [-0.3, -0.25) is 4.79 Å². The van der Waals surface area contributed by atoms with Crippen LogP contribution in [0.2, 0.25) is 0 Å². The first-order chi connectivity index (χ1) is 11.6. The second-order valence-electron chi connectivity index (χ2n) is 6.72. The van der Waals surface area contributed by atoms with Gasteiger partial charge in [0.1, 0.15) is 0 Å². The second kappa shape index (κ2) is 5.82. The average molecular weight is 318 g/mol. The molecule has 0 saturated heterocycles. The number of benzene rings is 2. The third kappa shape index (κ3) is 2.50. The minimum Gasteiger partial charge on any atom is -0.358 e. The van der Waals surface area contributed by atoms with E-state index in [2.05, 4.69) is 43.1 Å². The average Bonchev–Trinajstić information content (AvgIpc) is 2.81. The molecule has 1 aliphatic heterocycles. The maximum Gasteiger partial charge on any atom is 0.253 e. The van der Waals surface area contributed by atoms with Gasteiger partial charge in [-0.1, -0.05) is 24.3 Å². The van der Waals surface area contributed by atoms with Gasteiger partial charge in [0.05, 0.1) is 0 Å². The van der Waals surface area contributed by atoms with E-state index in [4.69, 9.17) is 0 Å². The van der Waals surface area contributed by atoms with Crippen LogP contribution in [-0.4, -0.2) is 28.9 Å². The summed E-state index contributed by atoms with van der Waals surface area (Å²) in [5.41, 5.74) is 7.06. The minimum absolute atomic E-state index is 0.146. The smallest absolute Gasteiger partial charge is 0.253 e. The number of nitrogens with one attached hydrogen (secondary N) is 1. The standard InChI is InChI=1S/C21H22N2O/c1-14-7-8-16(13-15(14)2)21(24)23-11-9-18-17-5-3-4-6-19(17)22-20(18)10-12-23/h3-8,13,22H,9-12H2,1-2H3. The van der Waals surface area contributed by atoms with Gasteiger partial charge in [0.25, 0.3) is 5.91 Å². The highest BCUT2D eigenvalue weighted by Crippen LogP contribution is 2.26. The number of hydrogen-bond acceptors (Lipinski definition) is 1. The Morgan fingerprint density at radius 3 is 2.62 bits per heavy atom. The number of aryl methyl sites for hydroxylation is 2. The Hall–Kier alpha value is -2.55. The van der Waals surface area contributed by atoms with Crippen LogP contribution in [0.3, 0.4) is 0 Å². The van der Waals surface area contributed by atoms with Gasteiger partial charge in [-0.05, 0) is 55.2 Å². The number of rotatable bonds is 1. The molecular formula is C21H22N2O. The summed E-state index contributed by atoms with van der Waals surface area (Å²) in [6, 6.07) is 14.4. The predicted octanol–water partition coefficient (Wildman–Crippen LogP) is 4.03. The zero-order chi connectivity index (χ0) is 16.7. The Kier molecular flexibility index (Phi) is 3.64. The Morgan fingerprint density at radius 1 is 1.00 bits per heavy atom. The van der Waals surface area contributed by atoms with Gasteiger partial charge in [0.15, 0.2) is 0 Å². The first-order valence-corrected chi connectivity index (χ1v) is 8.58. The summed E-state index contributed by atoms with van der Waals surface area (Å²) in [6.07, 6.45) is 1.80. The monoisotopic (exact) mass is 318 g/mol. The van der Waals surface area contributed by atoms with Crippen LogP contribution in [-0.2, 0) is 12.8 Å². The number of carbonyl (C=O) groups is 1. The molecule has 24 heavy (non-hydrogen) atoms. The maximum absolute atomic E-state index is 12.9. The van der Waals surface area contributed by atoms with Crippen molar-refractivity contribution in [2.24, 2.45) is 0 Å². The number of aromatic nitrogens is 1. The van der Waals surface area contributed by atoms with E-state index in [1.165, 1.54) is 33.3 Å². The lowest BCUT2D eigenvalue weighted by Crippen LogP contribution is -2.33. The number of fused-ring (bicyclic) bond motifs is 3. The molecule has 0 spiro atoms. The number of amides is 1. The number of para-hydroxylation sites is 1.